The molecule has 0 amide bonds. The van der Waals surface area contributed by atoms with E-state index in [0.717, 1.165) is 30.0 Å². The molecule has 0 radical (unpaired) electrons. The maximum atomic E-state index is 5.56. The van der Waals surface area contributed by atoms with Gasteiger partial charge in [-0.1, -0.05) is 31.5 Å². The molecule has 2 aliphatic rings. The van der Waals surface area contributed by atoms with Gasteiger partial charge in [-0.15, -0.1) is 0 Å². The van der Waals surface area contributed by atoms with Gasteiger partial charge in [0.05, 0.1) is 7.11 Å². The Labute approximate surface area is 122 Å². The average molecular weight is 273 g/mol. The number of hydrogen-bond acceptors (Lipinski definition) is 2. The highest BCUT2D eigenvalue weighted by atomic mass is 16.5. The lowest BCUT2D eigenvalue weighted by Gasteiger charge is -2.28. The zero-order valence-corrected chi connectivity index (χ0v) is 12.8. The molecular formula is C18H27NO. The Balaban J connectivity index is 1.75. The number of ether oxygens (including phenoxy) is 1. The van der Waals surface area contributed by atoms with Gasteiger partial charge in [0.25, 0.3) is 0 Å². The van der Waals surface area contributed by atoms with Crippen molar-refractivity contribution in [2.45, 2.75) is 45.1 Å². The molecular weight excluding hydrogens is 246 g/mol. The minimum atomic E-state index is 0.445. The van der Waals surface area contributed by atoms with Gasteiger partial charge in [-0.05, 0) is 56.0 Å². The first-order valence-electron chi connectivity index (χ1n) is 8.18. The Kier molecular flexibility index (Phi) is 4.30. The van der Waals surface area contributed by atoms with Crippen LogP contribution < -0.4 is 10.1 Å². The molecule has 1 aromatic carbocycles. The van der Waals surface area contributed by atoms with Crippen molar-refractivity contribution in [2.24, 2.45) is 17.8 Å². The Morgan fingerprint density at radius 1 is 1.25 bits per heavy atom. The largest absolute Gasteiger partial charge is 0.496 e. The van der Waals surface area contributed by atoms with Crippen molar-refractivity contribution >= 4 is 0 Å². The first-order chi connectivity index (χ1) is 9.81. The quantitative estimate of drug-likeness (QED) is 0.840. The fourth-order valence-corrected chi connectivity index (χ4v) is 4.49. The van der Waals surface area contributed by atoms with Crippen LogP contribution in [0.1, 0.15) is 50.6 Å². The molecule has 20 heavy (non-hydrogen) atoms. The number of rotatable bonds is 6. The zero-order chi connectivity index (χ0) is 13.9. The minimum absolute atomic E-state index is 0.445. The summed E-state index contributed by atoms with van der Waals surface area (Å²) in [6, 6.07) is 8.94. The number of para-hydroxylation sites is 1. The van der Waals surface area contributed by atoms with E-state index in [1.54, 1.807) is 7.11 Å². The molecule has 0 aliphatic heterocycles. The highest BCUT2D eigenvalue weighted by molar-refractivity contribution is 5.36. The molecule has 2 bridgehead atoms. The van der Waals surface area contributed by atoms with E-state index < -0.39 is 0 Å². The van der Waals surface area contributed by atoms with Crippen LogP contribution in [0, 0.1) is 17.8 Å². The van der Waals surface area contributed by atoms with Crippen LogP contribution in [-0.4, -0.2) is 13.7 Å². The van der Waals surface area contributed by atoms with Crippen LogP contribution in [0.15, 0.2) is 24.3 Å². The van der Waals surface area contributed by atoms with E-state index in [4.69, 9.17) is 4.74 Å². The van der Waals surface area contributed by atoms with Crippen molar-refractivity contribution in [3.63, 3.8) is 0 Å². The summed E-state index contributed by atoms with van der Waals surface area (Å²) in [7, 11) is 1.78. The maximum absolute atomic E-state index is 5.56. The standard InChI is InChI=1S/C18H27NO/c1-3-19-17(16-6-4-5-7-18(16)20-2)12-15-11-13-8-9-14(15)10-13/h4-7,13-15,17,19H,3,8-12H2,1-2H3. The molecule has 4 unspecified atom stereocenters. The van der Waals surface area contributed by atoms with Gasteiger partial charge in [-0.25, -0.2) is 0 Å². The molecule has 1 N–H and O–H groups in total. The Hall–Kier alpha value is -1.02. The molecule has 2 nitrogen and oxygen atoms in total. The molecule has 3 rings (SSSR count). The smallest absolute Gasteiger partial charge is 0.123 e. The topological polar surface area (TPSA) is 21.3 Å². The molecule has 0 heterocycles. The first kappa shape index (κ1) is 13.9. The van der Waals surface area contributed by atoms with Gasteiger partial charge in [0.15, 0.2) is 0 Å². The molecule has 2 fully saturated rings. The van der Waals surface area contributed by atoms with E-state index in [-0.39, 0.29) is 0 Å². The molecule has 2 heteroatoms. The predicted octanol–water partition coefficient (Wildman–Crippen LogP) is 4.17. The third-order valence-electron chi connectivity index (χ3n) is 5.39. The van der Waals surface area contributed by atoms with E-state index in [9.17, 15) is 0 Å². The molecule has 0 spiro atoms. The van der Waals surface area contributed by atoms with Crippen molar-refractivity contribution < 1.29 is 4.74 Å². The summed E-state index contributed by atoms with van der Waals surface area (Å²) < 4.78 is 5.56. The minimum Gasteiger partial charge on any atom is -0.496 e. The second-order valence-corrected chi connectivity index (χ2v) is 6.52. The average Bonchev–Trinajstić information content (AvgIpc) is 3.09. The molecule has 0 aromatic heterocycles. The van der Waals surface area contributed by atoms with Crippen LogP contribution in [-0.2, 0) is 0 Å². The van der Waals surface area contributed by atoms with Gasteiger partial charge >= 0.3 is 0 Å². The van der Waals surface area contributed by atoms with Crippen LogP contribution in [0.3, 0.4) is 0 Å². The second kappa shape index (κ2) is 6.17. The van der Waals surface area contributed by atoms with Crippen LogP contribution in [0.2, 0.25) is 0 Å². The zero-order valence-electron chi connectivity index (χ0n) is 12.8. The van der Waals surface area contributed by atoms with Gasteiger partial charge in [-0.2, -0.15) is 0 Å². The number of fused-ring (bicyclic) bond motifs is 2. The van der Waals surface area contributed by atoms with Gasteiger partial charge in [0.2, 0.25) is 0 Å². The normalized spacial score (nSPS) is 29.6. The van der Waals surface area contributed by atoms with Crippen molar-refractivity contribution in [3.05, 3.63) is 29.8 Å². The van der Waals surface area contributed by atoms with E-state index in [1.165, 1.54) is 37.7 Å². The third-order valence-corrected chi connectivity index (χ3v) is 5.39. The predicted molar refractivity (Wildman–Crippen MR) is 83.0 cm³/mol. The van der Waals surface area contributed by atoms with Crippen molar-refractivity contribution in [1.82, 2.24) is 5.32 Å². The van der Waals surface area contributed by atoms with Crippen LogP contribution in [0.5, 0.6) is 5.75 Å². The van der Waals surface area contributed by atoms with Gasteiger partial charge < -0.3 is 10.1 Å². The number of benzene rings is 1. The van der Waals surface area contributed by atoms with E-state index in [1.807, 2.05) is 0 Å². The Bertz CT molecular complexity index is 445. The number of hydrogen-bond donors (Lipinski definition) is 1. The van der Waals surface area contributed by atoms with Crippen LogP contribution in [0.25, 0.3) is 0 Å². The van der Waals surface area contributed by atoms with E-state index in [0.29, 0.717) is 6.04 Å². The lowest BCUT2D eigenvalue weighted by atomic mass is 9.82. The highest BCUT2D eigenvalue weighted by Crippen LogP contribution is 2.51. The fourth-order valence-electron chi connectivity index (χ4n) is 4.49. The van der Waals surface area contributed by atoms with Crippen LogP contribution in [0.4, 0.5) is 0 Å². The third kappa shape index (κ3) is 2.71. The van der Waals surface area contributed by atoms with Gasteiger partial charge in [0, 0.05) is 11.6 Å². The first-order valence-corrected chi connectivity index (χ1v) is 8.18. The van der Waals surface area contributed by atoms with Crippen LogP contribution >= 0.6 is 0 Å². The lowest BCUT2D eigenvalue weighted by molar-refractivity contribution is 0.277. The number of nitrogens with one attached hydrogen (secondary N) is 1. The fraction of sp³-hybridized carbons (Fsp3) is 0.667. The van der Waals surface area contributed by atoms with E-state index >= 15 is 0 Å². The van der Waals surface area contributed by atoms with Gasteiger partial charge in [0.1, 0.15) is 5.75 Å². The maximum Gasteiger partial charge on any atom is 0.123 e. The lowest BCUT2D eigenvalue weighted by Crippen LogP contribution is -2.25. The Morgan fingerprint density at radius 3 is 2.75 bits per heavy atom. The second-order valence-electron chi connectivity index (χ2n) is 6.52. The summed E-state index contributed by atoms with van der Waals surface area (Å²) in [6.07, 6.45) is 7.19. The summed E-state index contributed by atoms with van der Waals surface area (Å²) >= 11 is 0. The monoisotopic (exact) mass is 273 g/mol. The summed E-state index contributed by atoms with van der Waals surface area (Å²) in [5, 5.41) is 3.68. The summed E-state index contributed by atoms with van der Waals surface area (Å²) in [5.41, 5.74) is 1.33. The van der Waals surface area contributed by atoms with E-state index in [2.05, 4.69) is 36.5 Å². The van der Waals surface area contributed by atoms with Crippen molar-refractivity contribution in [3.8, 4) is 5.75 Å². The molecule has 0 saturated heterocycles. The summed E-state index contributed by atoms with van der Waals surface area (Å²) in [4.78, 5) is 0. The molecule has 110 valence electrons. The van der Waals surface area contributed by atoms with Crippen molar-refractivity contribution in [2.75, 3.05) is 13.7 Å². The van der Waals surface area contributed by atoms with Gasteiger partial charge in [-0.3, -0.25) is 0 Å². The Morgan fingerprint density at radius 2 is 2.10 bits per heavy atom. The highest BCUT2D eigenvalue weighted by Gasteiger charge is 2.40. The molecule has 2 aliphatic carbocycles. The SMILES string of the molecule is CCNC(CC1CC2CCC1C2)c1ccccc1OC. The molecule has 2 saturated carbocycles. The summed E-state index contributed by atoms with van der Waals surface area (Å²) in [6.45, 7) is 3.22. The summed E-state index contributed by atoms with van der Waals surface area (Å²) in [5.74, 6) is 3.98. The molecule has 4 atom stereocenters. The number of methoxy groups -OCH3 is 1. The molecule has 1 aromatic rings. The van der Waals surface area contributed by atoms with Crippen molar-refractivity contribution in [1.29, 1.82) is 0 Å².